The van der Waals surface area contributed by atoms with E-state index in [1.54, 1.807) is 0 Å². The monoisotopic (exact) mass is 267 g/mol. The molecule has 0 aliphatic carbocycles. The van der Waals surface area contributed by atoms with Crippen LogP contribution in [0.5, 0.6) is 0 Å². The molecule has 1 saturated heterocycles. The Hall–Kier alpha value is -0.770. The summed E-state index contributed by atoms with van der Waals surface area (Å²) >= 11 is 6.29. The molecule has 2 rings (SSSR count). The maximum atomic E-state index is 6.29. The lowest BCUT2D eigenvalue weighted by Crippen LogP contribution is -2.31. The quantitative estimate of drug-likeness (QED) is 0.889. The fraction of sp³-hybridized carbons (Fsp3) is 0.571. The van der Waals surface area contributed by atoms with Crippen LogP contribution >= 0.6 is 11.6 Å². The van der Waals surface area contributed by atoms with Gasteiger partial charge in [-0.1, -0.05) is 17.7 Å². The van der Waals surface area contributed by atoms with Crippen molar-refractivity contribution in [1.29, 1.82) is 0 Å². The number of rotatable bonds is 5. The normalized spacial score (nSPS) is 16.2. The van der Waals surface area contributed by atoms with Crippen molar-refractivity contribution in [3.8, 4) is 0 Å². The number of hydrogen-bond acceptors (Lipinski definition) is 3. The van der Waals surface area contributed by atoms with E-state index in [-0.39, 0.29) is 0 Å². The van der Waals surface area contributed by atoms with E-state index >= 15 is 0 Å². The second-order valence-electron chi connectivity index (χ2n) is 4.96. The SMILES string of the molecule is CN(CCN1CCCC1)c1ccc(CN)cc1Cl. The molecule has 1 heterocycles. The van der Waals surface area contributed by atoms with Gasteiger partial charge in [0.2, 0.25) is 0 Å². The summed E-state index contributed by atoms with van der Waals surface area (Å²) in [6.07, 6.45) is 2.69. The van der Waals surface area contributed by atoms with Gasteiger partial charge in [0.1, 0.15) is 0 Å². The van der Waals surface area contributed by atoms with E-state index in [0.717, 1.165) is 29.4 Å². The summed E-state index contributed by atoms with van der Waals surface area (Å²) in [5, 5.41) is 0.793. The Morgan fingerprint density at radius 2 is 2.06 bits per heavy atom. The first-order chi connectivity index (χ1) is 8.70. The van der Waals surface area contributed by atoms with E-state index in [1.165, 1.54) is 25.9 Å². The largest absolute Gasteiger partial charge is 0.372 e. The summed E-state index contributed by atoms with van der Waals surface area (Å²) in [5.74, 6) is 0. The molecule has 1 aliphatic rings. The zero-order chi connectivity index (χ0) is 13.0. The van der Waals surface area contributed by atoms with E-state index in [9.17, 15) is 0 Å². The summed E-state index contributed by atoms with van der Waals surface area (Å²) in [6.45, 7) is 5.16. The minimum atomic E-state index is 0.539. The Labute approximate surface area is 115 Å². The third kappa shape index (κ3) is 3.37. The van der Waals surface area contributed by atoms with E-state index in [1.807, 2.05) is 12.1 Å². The van der Waals surface area contributed by atoms with E-state index in [2.05, 4.69) is 22.9 Å². The molecule has 0 amide bonds. The van der Waals surface area contributed by atoms with Gasteiger partial charge >= 0.3 is 0 Å². The molecule has 0 bridgehead atoms. The predicted octanol–water partition coefficient (Wildman–Crippen LogP) is 2.33. The highest BCUT2D eigenvalue weighted by Crippen LogP contribution is 2.26. The molecule has 1 aromatic rings. The van der Waals surface area contributed by atoms with Crippen LogP contribution in [-0.4, -0.2) is 38.1 Å². The lowest BCUT2D eigenvalue weighted by Gasteiger charge is -2.24. The van der Waals surface area contributed by atoms with E-state index in [0.29, 0.717) is 6.54 Å². The van der Waals surface area contributed by atoms with Gasteiger partial charge in [0.05, 0.1) is 10.7 Å². The first-order valence-corrected chi connectivity index (χ1v) is 7.00. The molecule has 2 N–H and O–H groups in total. The average Bonchev–Trinajstić information content (AvgIpc) is 2.88. The fourth-order valence-corrected chi connectivity index (χ4v) is 2.75. The highest BCUT2D eigenvalue weighted by atomic mass is 35.5. The van der Waals surface area contributed by atoms with Crippen LogP contribution in [0.15, 0.2) is 18.2 Å². The lowest BCUT2D eigenvalue weighted by molar-refractivity contribution is 0.346. The molecular weight excluding hydrogens is 246 g/mol. The third-order valence-corrected chi connectivity index (χ3v) is 3.91. The van der Waals surface area contributed by atoms with Gasteiger partial charge in [-0.25, -0.2) is 0 Å². The van der Waals surface area contributed by atoms with Crippen molar-refractivity contribution in [3.63, 3.8) is 0 Å². The molecule has 1 aromatic carbocycles. The van der Waals surface area contributed by atoms with Gasteiger partial charge < -0.3 is 15.5 Å². The molecule has 0 saturated carbocycles. The molecule has 1 aliphatic heterocycles. The van der Waals surface area contributed by atoms with E-state index in [4.69, 9.17) is 17.3 Å². The van der Waals surface area contributed by atoms with Crippen molar-refractivity contribution in [2.24, 2.45) is 5.73 Å². The second kappa shape index (κ2) is 6.41. The maximum Gasteiger partial charge on any atom is 0.0642 e. The number of benzene rings is 1. The fourth-order valence-electron chi connectivity index (χ4n) is 2.41. The topological polar surface area (TPSA) is 32.5 Å². The lowest BCUT2D eigenvalue weighted by atomic mass is 10.2. The summed E-state index contributed by atoms with van der Waals surface area (Å²) in [4.78, 5) is 4.74. The minimum Gasteiger partial charge on any atom is -0.372 e. The Bertz CT molecular complexity index is 389. The Kier molecular flexibility index (Phi) is 4.87. The molecular formula is C14H22ClN3. The minimum absolute atomic E-state index is 0.539. The zero-order valence-electron chi connectivity index (χ0n) is 11.0. The first-order valence-electron chi connectivity index (χ1n) is 6.62. The Balaban J connectivity index is 1.93. The van der Waals surface area contributed by atoms with Crippen LogP contribution in [0, 0.1) is 0 Å². The average molecular weight is 268 g/mol. The molecule has 0 spiro atoms. The summed E-state index contributed by atoms with van der Waals surface area (Å²) in [5.41, 5.74) is 7.78. The van der Waals surface area contributed by atoms with Crippen LogP contribution in [0.1, 0.15) is 18.4 Å². The number of likely N-dealkylation sites (N-methyl/N-ethyl adjacent to an activating group) is 1. The van der Waals surface area contributed by atoms with Gasteiger partial charge in [-0.05, 0) is 43.6 Å². The van der Waals surface area contributed by atoms with Crippen molar-refractivity contribution >= 4 is 17.3 Å². The zero-order valence-corrected chi connectivity index (χ0v) is 11.8. The van der Waals surface area contributed by atoms with Gasteiger partial charge in [-0.2, -0.15) is 0 Å². The van der Waals surface area contributed by atoms with Crippen LogP contribution in [-0.2, 0) is 6.54 Å². The van der Waals surface area contributed by atoms with Crippen molar-refractivity contribution in [2.45, 2.75) is 19.4 Å². The molecule has 4 heteroatoms. The van der Waals surface area contributed by atoms with Crippen molar-refractivity contribution in [1.82, 2.24) is 4.90 Å². The number of nitrogens with two attached hydrogens (primary N) is 1. The number of anilines is 1. The Morgan fingerprint density at radius 3 is 2.67 bits per heavy atom. The van der Waals surface area contributed by atoms with Gasteiger partial charge in [0, 0.05) is 26.7 Å². The first kappa shape index (κ1) is 13.7. The van der Waals surface area contributed by atoms with E-state index < -0.39 is 0 Å². The van der Waals surface area contributed by atoms with Crippen LogP contribution in [0.4, 0.5) is 5.69 Å². The van der Waals surface area contributed by atoms with Gasteiger partial charge in [0.25, 0.3) is 0 Å². The smallest absolute Gasteiger partial charge is 0.0642 e. The van der Waals surface area contributed by atoms with Gasteiger partial charge in [-0.15, -0.1) is 0 Å². The number of nitrogens with zero attached hydrogens (tertiary/aromatic N) is 2. The molecule has 0 radical (unpaired) electrons. The van der Waals surface area contributed by atoms with Crippen LogP contribution in [0.25, 0.3) is 0 Å². The van der Waals surface area contributed by atoms with Crippen molar-refractivity contribution in [3.05, 3.63) is 28.8 Å². The molecule has 3 nitrogen and oxygen atoms in total. The van der Waals surface area contributed by atoms with Crippen molar-refractivity contribution in [2.75, 3.05) is 38.1 Å². The highest BCUT2D eigenvalue weighted by molar-refractivity contribution is 6.33. The van der Waals surface area contributed by atoms with Crippen LogP contribution in [0.2, 0.25) is 5.02 Å². The number of halogens is 1. The second-order valence-corrected chi connectivity index (χ2v) is 5.37. The van der Waals surface area contributed by atoms with Crippen LogP contribution < -0.4 is 10.6 Å². The summed E-state index contributed by atoms with van der Waals surface area (Å²) in [6, 6.07) is 6.07. The van der Waals surface area contributed by atoms with Gasteiger partial charge in [0.15, 0.2) is 0 Å². The molecule has 0 unspecified atom stereocenters. The summed E-state index contributed by atoms with van der Waals surface area (Å²) in [7, 11) is 2.10. The van der Waals surface area contributed by atoms with Crippen LogP contribution in [0.3, 0.4) is 0 Å². The number of likely N-dealkylation sites (tertiary alicyclic amines) is 1. The molecule has 100 valence electrons. The molecule has 18 heavy (non-hydrogen) atoms. The molecule has 0 aromatic heterocycles. The predicted molar refractivity (Wildman–Crippen MR) is 78.3 cm³/mol. The number of hydrogen-bond donors (Lipinski definition) is 1. The third-order valence-electron chi connectivity index (χ3n) is 3.61. The van der Waals surface area contributed by atoms with Gasteiger partial charge in [-0.3, -0.25) is 0 Å². The molecule has 0 atom stereocenters. The Morgan fingerprint density at radius 1 is 1.33 bits per heavy atom. The standard InChI is InChI=1S/C14H22ClN3/c1-17(8-9-18-6-2-3-7-18)14-5-4-12(11-16)10-13(14)15/h4-5,10H,2-3,6-9,11,16H2,1H3. The highest BCUT2D eigenvalue weighted by Gasteiger charge is 2.13. The summed E-state index contributed by atoms with van der Waals surface area (Å²) < 4.78 is 0. The maximum absolute atomic E-state index is 6.29. The van der Waals surface area contributed by atoms with Crippen molar-refractivity contribution < 1.29 is 0 Å². The molecule has 1 fully saturated rings.